The maximum absolute atomic E-state index is 10.6. The van der Waals surface area contributed by atoms with E-state index < -0.39 is 0 Å². The van der Waals surface area contributed by atoms with Crippen molar-refractivity contribution in [3.8, 4) is 0 Å². The minimum Gasteiger partial charge on any atom is -0.298 e. The van der Waals surface area contributed by atoms with Crippen LogP contribution in [0.1, 0.15) is 29.8 Å². The Balaban J connectivity index is 3.01. The average molecular weight is 194 g/mol. The maximum Gasteiger partial charge on any atom is 0.151 e. The largest absolute Gasteiger partial charge is 0.298 e. The zero-order valence-corrected chi connectivity index (χ0v) is 8.84. The number of carbonyl (C=O) groups is 1. The SMILES string of the molecule is CC(C)Cc1cccc(C=O)c1S. The third-order valence-electron chi connectivity index (χ3n) is 1.91. The summed E-state index contributed by atoms with van der Waals surface area (Å²) >= 11 is 4.33. The molecule has 1 rings (SSSR count). The van der Waals surface area contributed by atoms with E-state index in [2.05, 4.69) is 26.5 Å². The molecule has 0 spiro atoms. The monoisotopic (exact) mass is 194 g/mol. The highest BCUT2D eigenvalue weighted by molar-refractivity contribution is 7.80. The number of rotatable bonds is 3. The van der Waals surface area contributed by atoms with E-state index in [4.69, 9.17) is 0 Å². The second kappa shape index (κ2) is 4.47. The van der Waals surface area contributed by atoms with Gasteiger partial charge in [-0.25, -0.2) is 0 Å². The van der Waals surface area contributed by atoms with E-state index in [0.717, 1.165) is 23.2 Å². The minimum atomic E-state index is 0.591. The molecule has 0 aliphatic heterocycles. The fraction of sp³-hybridized carbons (Fsp3) is 0.364. The molecule has 0 fully saturated rings. The van der Waals surface area contributed by atoms with Crippen LogP contribution in [-0.4, -0.2) is 6.29 Å². The summed E-state index contributed by atoms with van der Waals surface area (Å²) in [4.78, 5) is 11.4. The second-order valence-corrected chi connectivity index (χ2v) is 4.02. The molecule has 0 aliphatic carbocycles. The third-order valence-corrected chi connectivity index (χ3v) is 2.45. The van der Waals surface area contributed by atoms with Crippen LogP contribution in [0.5, 0.6) is 0 Å². The number of aldehydes is 1. The Kier molecular flexibility index (Phi) is 3.55. The number of hydrogen-bond acceptors (Lipinski definition) is 2. The summed E-state index contributed by atoms with van der Waals surface area (Å²) in [5, 5.41) is 0. The highest BCUT2D eigenvalue weighted by atomic mass is 32.1. The number of benzene rings is 1. The van der Waals surface area contributed by atoms with Crippen LogP contribution in [0.2, 0.25) is 0 Å². The van der Waals surface area contributed by atoms with Crippen molar-refractivity contribution in [3.63, 3.8) is 0 Å². The fourth-order valence-electron chi connectivity index (χ4n) is 1.31. The maximum atomic E-state index is 10.6. The molecule has 1 aromatic carbocycles. The average Bonchev–Trinajstić information content (AvgIpc) is 2.08. The first-order chi connectivity index (χ1) is 6.15. The van der Waals surface area contributed by atoms with E-state index in [-0.39, 0.29) is 0 Å². The van der Waals surface area contributed by atoms with Crippen molar-refractivity contribution in [2.75, 3.05) is 0 Å². The van der Waals surface area contributed by atoms with Gasteiger partial charge < -0.3 is 0 Å². The zero-order valence-electron chi connectivity index (χ0n) is 7.95. The molecule has 0 atom stereocenters. The summed E-state index contributed by atoms with van der Waals surface area (Å²) in [7, 11) is 0. The van der Waals surface area contributed by atoms with Crippen molar-refractivity contribution in [3.05, 3.63) is 29.3 Å². The Bertz CT molecular complexity index is 305. The van der Waals surface area contributed by atoms with E-state index in [1.165, 1.54) is 0 Å². The van der Waals surface area contributed by atoms with Gasteiger partial charge in [0.1, 0.15) is 0 Å². The molecule has 1 aromatic rings. The molecular weight excluding hydrogens is 180 g/mol. The van der Waals surface area contributed by atoms with Crippen molar-refractivity contribution < 1.29 is 4.79 Å². The van der Waals surface area contributed by atoms with Crippen molar-refractivity contribution >= 4 is 18.9 Å². The van der Waals surface area contributed by atoms with E-state index in [9.17, 15) is 4.79 Å². The van der Waals surface area contributed by atoms with Crippen LogP contribution in [0.3, 0.4) is 0 Å². The van der Waals surface area contributed by atoms with Crippen LogP contribution >= 0.6 is 12.6 Å². The van der Waals surface area contributed by atoms with Crippen LogP contribution in [0.25, 0.3) is 0 Å². The van der Waals surface area contributed by atoms with E-state index >= 15 is 0 Å². The van der Waals surface area contributed by atoms with Crippen LogP contribution in [0.4, 0.5) is 0 Å². The molecule has 0 radical (unpaired) electrons. The van der Waals surface area contributed by atoms with E-state index in [1.807, 2.05) is 12.1 Å². The van der Waals surface area contributed by atoms with Gasteiger partial charge >= 0.3 is 0 Å². The Morgan fingerprint density at radius 3 is 2.69 bits per heavy atom. The number of hydrogen-bond donors (Lipinski definition) is 1. The quantitative estimate of drug-likeness (QED) is 0.578. The van der Waals surface area contributed by atoms with Gasteiger partial charge in [-0.2, -0.15) is 0 Å². The highest BCUT2D eigenvalue weighted by Crippen LogP contribution is 2.20. The van der Waals surface area contributed by atoms with Gasteiger partial charge in [-0.1, -0.05) is 32.0 Å². The lowest BCUT2D eigenvalue weighted by Gasteiger charge is -2.08. The molecule has 0 amide bonds. The molecular formula is C11H14OS. The van der Waals surface area contributed by atoms with Gasteiger partial charge in [0.15, 0.2) is 6.29 Å². The molecule has 0 aliphatic rings. The molecule has 0 unspecified atom stereocenters. The number of thiol groups is 1. The van der Waals surface area contributed by atoms with Gasteiger partial charge in [-0.3, -0.25) is 4.79 Å². The summed E-state index contributed by atoms with van der Waals surface area (Å²) in [6, 6.07) is 5.72. The Morgan fingerprint density at radius 2 is 2.15 bits per heavy atom. The van der Waals surface area contributed by atoms with Crippen LogP contribution in [-0.2, 0) is 6.42 Å². The van der Waals surface area contributed by atoms with Crippen LogP contribution < -0.4 is 0 Å². The molecule has 0 saturated carbocycles. The highest BCUT2D eigenvalue weighted by Gasteiger charge is 2.05. The van der Waals surface area contributed by atoms with Crippen molar-refractivity contribution in [2.45, 2.75) is 25.2 Å². The Hall–Kier alpha value is -0.760. The van der Waals surface area contributed by atoms with Crippen LogP contribution in [0, 0.1) is 5.92 Å². The minimum absolute atomic E-state index is 0.591. The Labute approximate surface area is 84.6 Å². The first kappa shape index (κ1) is 10.3. The van der Waals surface area contributed by atoms with Gasteiger partial charge in [0, 0.05) is 10.5 Å². The molecule has 0 saturated heterocycles. The lowest BCUT2D eigenvalue weighted by Crippen LogP contribution is -1.97. The summed E-state index contributed by atoms with van der Waals surface area (Å²) in [6.45, 7) is 4.31. The van der Waals surface area contributed by atoms with Gasteiger partial charge in [0.05, 0.1) is 0 Å². The molecule has 2 heteroatoms. The summed E-state index contributed by atoms with van der Waals surface area (Å²) < 4.78 is 0. The third kappa shape index (κ3) is 2.59. The summed E-state index contributed by atoms with van der Waals surface area (Å²) in [6.07, 6.45) is 1.83. The molecule has 0 heterocycles. The zero-order chi connectivity index (χ0) is 9.84. The van der Waals surface area contributed by atoms with Crippen LogP contribution in [0.15, 0.2) is 23.1 Å². The molecule has 70 valence electrons. The first-order valence-electron chi connectivity index (χ1n) is 4.41. The van der Waals surface area contributed by atoms with E-state index in [1.54, 1.807) is 6.07 Å². The molecule has 0 bridgehead atoms. The predicted molar refractivity (Wildman–Crippen MR) is 57.6 cm³/mol. The molecule has 0 N–H and O–H groups in total. The molecule has 13 heavy (non-hydrogen) atoms. The lowest BCUT2D eigenvalue weighted by atomic mass is 10.0. The van der Waals surface area contributed by atoms with Gasteiger partial charge in [-0.05, 0) is 17.9 Å². The summed E-state index contributed by atoms with van der Waals surface area (Å²) in [5.41, 5.74) is 1.84. The van der Waals surface area contributed by atoms with Gasteiger partial charge in [0.2, 0.25) is 0 Å². The van der Waals surface area contributed by atoms with Crippen molar-refractivity contribution in [2.24, 2.45) is 5.92 Å². The van der Waals surface area contributed by atoms with Gasteiger partial charge in [-0.15, -0.1) is 12.6 Å². The van der Waals surface area contributed by atoms with Crippen molar-refractivity contribution in [1.82, 2.24) is 0 Å². The summed E-state index contributed by atoms with van der Waals surface area (Å²) in [5.74, 6) is 0.591. The van der Waals surface area contributed by atoms with Crippen molar-refractivity contribution in [1.29, 1.82) is 0 Å². The molecule has 1 nitrogen and oxygen atoms in total. The number of carbonyl (C=O) groups excluding carboxylic acids is 1. The molecule has 0 aromatic heterocycles. The topological polar surface area (TPSA) is 17.1 Å². The second-order valence-electron chi connectivity index (χ2n) is 3.57. The first-order valence-corrected chi connectivity index (χ1v) is 4.86. The normalized spacial score (nSPS) is 10.5. The predicted octanol–water partition coefficient (Wildman–Crippen LogP) is 2.99. The smallest absolute Gasteiger partial charge is 0.151 e. The fourth-order valence-corrected chi connectivity index (χ4v) is 1.60. The lowest BCUT2D eigenvalue weighted by molar-refractivity contribution is 0.112. The standard InChI is InChI=1S/C11H14OS/c1-8(2)6-9-4-3-5-10(7-12)11(9)13/h3-5,7-8,13H,6H2,1-2H3. The van der Waals surface area contributed by atoms with Gasteiger partial charge in [0.25, 0.3) is 0 Å². The van der Waals surface area contributed by atoms with E-state index in [0.29, 0.717) is 11.5 Å². The Morgan fingerprint density at radius 1 is 1.46 bits per heavy atom.